The molecule has 0 aromatic rings. The van der Waals surface area contributed by atoms with Crippen LogP contribution in [0.15, 0.2) is 0 Å². The van der Waals surface area contributed by atoms with Gasteiger partial charge in [0.25, 0.3) is 0 Å². The zero-order chi connectivity index (χ0) is 12.4. The Balaban J connectivity index is 1.98. The van der Waals surface area contributed by atoms with Crippen molar-refractivity contribution >= 4 is 5.91 Å². The highest BCUT2D eigenvalue weighted by atomic mass is 16.2. The average molecular weight is 238 g/mol. The van der Waals surface area contributed by atoms with Crippen LogP contribution in [-0.2, 0) is 4.79 Å². The summed E-state index contributed by atoms with van der Waals surface area (Å²) in [6.07, 6.45) is 5.58. The molecule has 0 spiro atoms. The predicted octanol–water partition coefficient (Wildman–Crippen LogP) is 2.23. The molecule has 1 aliphatic carbocycles. The molecule has 0 aromatic heterocycles. The number of hydrogen-bond acceptors (Lipinski definition) is 2. The van der Waals surface area contributed by atoms with Crippen molar-refractivity contribution in [2.75, 3.05) is 13.1 Å². The van der Waals surface area contributed by atoms with Gasteiger partial charge in [0, 0.05) is 6.54 Å². The van der Waals surface area contributed by atoms with E-state index in [1.807, 2.05) is 0 Å². The van der Waals surface area contributed by atoms with Gasteiger partial charge >= 0.3 is 0 Å². The number of rotatable bonds is 4. The average Bonchev–Trinajstić information content (AvgIpc) is 2.89. The molecule has 2 aliphatic rings. The minimum atomic E-state index is 0.300. The van der Waals surface area contributed by atoms with E-state index >= 15 is 0 Å². The SMILES string of the molecule is CC(C)C(C)CN1C(=O)CNC1C1CCCC1. The van der Waals surface area contributed by atoms with Gasteiger partial charge in [-0.2, -0.15) is 0 Å². The van der Waals surface area contributed by atoms with Crippen LogP contribution in [0.3, 0.4) is 0 Å². The van der Waals surface area contributed by atoms with Gasteiger partial charge in [-0.1, -0.05) is 33.6 Å². The Morgan fingerprint density at radius 1 is 1.29 bits per heavy atom. The number of hydrogen-bond donors (Lipinski definition) is 1. The van der Waals surface area contributed by atoms with Crippen molar-refractivity contribution in [2.45, 2.75) is 52.6 Å². The molecular weight excluding hydrogens is 212 g/mol. The molecule has 2 atom stereocenters. The molecule has 98 valence electrons. The van der Waals surface area contributed by atoms with Crippen LogP contribution in [-0.4, -0.2) is 30.1 Å². The number of nitrogens with one attached hydrogen (secondary N) is 1. The highest BCUT2D eigenvalue weighted by Gasteiger charge is 2.37. The van der Waals surface area contributed by atoms with Gasteiger partial charge in [0.05, 0.1) is 12.7 Å². The molecule has 1 aliphatic heterocycles. The van der Waals surface area contributed by atoms with Crippen LogP contribution < -0.4 is 5.32 Å². The van der Waals surface area contributed by atoms with E-state index in [-0.39, 0.29) is 0 Å². The molecule has 3 heteroatoms. The van der Waals surface area contributed by atoms with Gasteiger partial charge < -0.3 is 4.90 Å². The Bertz CT molecular complexity index is 271. The van der Waals surface area contributed by atoms with Crippen LogP contribution in [0.25, 0.3) is 0 Å². The second kappa shape index (κ2) is 5.38. The van der Waals surface area contributed by atoms with Crippen molar-refractivity contribution in [3.8, 4) is 0 Å². The van der Waals surface area contributed by atoms with E-state index in [0.717, 1.165) is 6.54 Å². The molecule has 3 nitrogen and oxygen atoms in total. The van der Waals surface area contributed by atoms with E-state index in [0.29, 0.717) is 36.4 Å². The van der Waals surface area contributed by atoms with Gasteiger partial charge in [-0.05, 0) is 30.6 Å². The number of carbonyl (C=O) groups excluding carboxylic acids is 1. The van der Waals surface area contributed by atoms with Gasteiger partial charge in [0.15, 0.2) is 0 Å². The molecule has 2 unspecified atom stereocenters. The molecule has 2 rings (SSSR count). The first-order valence-electron chi connectivity index (χ1n) is 7.12. The Labute approximate surface area is 105 Å². The lowest BCUT2D eigenvalue weighted by Crippen LogP contribution is -2.44. The summed E-state index contributed by atoms with van der Waals surface area (Å²) in [5.41, 5.74) is 0. The third-order valence-corrected chi connectivity index (χ3v) is 4.59. The maximum absolute atomic E-state index is 12.0. The van der Waals surface area contributed by atoms with Gasteiger partial charge in [0.1, 0.15) is 0 Å². The Morgan fingerprint density at radius 3 is 2.53 bits per heavy atom. The van der Waals surface area contributed by atoms with E-state index in [4.69, 9.17) is 0 Å². The fourth-order valence-electron chi connectivity index (χ4n) is 2.99. The minimum absolute atomic E-state index is 0.300. The lowest BCUT2D eigenvalue weighted by molar-refractivity contribution is -0.129. The van der Waals surface area contributed by atoms with Crippen LogP contribution >= 0.6 is 0 Å². The monoisotopic (exact) mass is 238 g/mol. The first-order chi connectivity index (χ1) is 8.09. The smallest absolute Gasteiger partial charge is 0.237 e. The highest BCUT2D eigenvalue weighted by molar-refractivity contribution is 5.80. The predicted molar refractivity (Wildman–Crippen MR) is 69.5 cm³/mol. The second-order valence-corrected chi connectivity index (χ2v) is 6.14. The quantitative estimate of drug-likeness (QED) is 0.814. The summed E-state index contributed by atoms with van der Waals surface area (Å²) in [5.74, 6) is 2.23. The van der Waals surface area contributed by atoms with Crippen LogP contribution in [0.2, 0.25) is 0 Å². The molecule has 1 N–H and O–H groups in total. The molecule has 0 bridgehead atoms. The minimum Gasteiger partial charge on any atom is -0.325 e. The summed E-state index contributed by atoms with van der Waals surface area (Å²) >= 11 is 0. The third kappa shape index (κ3) is 2.82. The van der Waals surface area contributed by atoms with E-state index in [1.165, 1.54) is 25.7 Å². The van der Waals surface area contributed by atoms with Crippen molar-refractivity contribution in [1.29, 1.82) is 0 Å². The molecular formula is C14H26N2O. The van der Waals surface area contributed by atoms with Crippen molar-refractivity contribution in [2.24, 2.45) is 17.8 Å². The molecule has 17 heavy (non-hydrogen) atoms. The molecule has 1 saturated carbocycles. The third-order valence-electron chi connectivity index (χ3n) is 4.59. The van der Waals surface area contributed by atoms with Crippen LogP contribution in [0.1, 0.15) is 46.5 Å². The summed E-state index contributed by atoms with van der Waals surface area (Å²) in [7, 11) is 0. The van der Waals surface area contributed by atoms with E-state index in [1.54, 1.807) is 0 Å². The van der Waals surface area contributed by atoms with E-state index < -0.39 is 0 Å². The zero-order valence-electron chi connectivity index (χ0n) is 11.4. The number of amides is 1. The summed E-state index contributed by atoms with van der Waals surface area (Å²) in [6, 6.07) is 0. The standard InChI is InChI=1S/C14H26N2O/c1-10(2)11(3)9-16-13(17)8-15-14(16)12-6-4-5-7-12/h10-12,14-15H,4-9H2,1-3H3. The molecule has 1 saturated heterocycles. The maximum atomic E-state index is 12.0. The Kier molecular flexibility index (Phi) is 4.08. The molecule has 2 fully saturated rings. The Hall–Kier alpha value is -0.570. The highest BCUT2D eigenvalue weighted by Crippen LogP contribution is 2.31. The maximum Gasteiger partial charge on any atom is 0.237 e. The van der Waals surface area contributed by atoms with Gasteiger partial charge in [-0.3, -0.25) is 10.1 Å². The molecule has 1 heterocycles. The zero-order valence-corrected chi connectivity index (χ0v) is 11.4. The molecule has 1 amide bonds. The fraction of sp³-hybridized carbons (Fsp3) is 0.929. The van der Waals surface area contributed by atoms with E-state index in [2.05, 4.69) is 31.0 Å². The second-order valence-electron chi connectivity index (χ2n) is 6.14. The Morgan fingerprint density at radius 2 is 1.94 bits per heavy atom. The van der Waals surface area contributed by atoms with Crippen molar-refractivity contribution in [3.05, 3.63) is 0 Å². The summed E-state index contributed by atoms with van der Waals surface area (Å²) in [6.45, 7) is 8.20. The first kappa shape index (κ1) is 12.9. The van der Waals surface area contributed by atoms with Crippen molar-refractivity contribution < 1.29 is 4.79 Å². The topological polar surface area (TPSA) is 32.3 Å². The summed E-state index contributed by atoms with van der Waals surface area (Å²) in [5, 5.41) is 3.42. The van der Waals surface area contributed by atoms with Crippen molar-refractivity contribution in [1.82, 2.24) is 10.2 Å². The normalized spacial score (nSPS) is 28.4. The first-order valence-corrected chi connectivity index (χ1v) is 7.12. The van der Waals surface area contributed by atoms with Crippen LogP contribution in [0.5, 0.6) is 0 Å². The lowest BCUT2D eigenvalue weighted by atomic mass is 9.96. The van der Waals surface area contributed by atoms with Gasteiger partial charge in [-0.25, -0.2) is 0 Å². The largest absolute Gasteiger partial charge is 0.325 e. The van der Waals surface area contributed by atoms with E-state index in [9.17, 15) is 4.79 Å². The summed E-state index contributed by atoms with van der Waals surface area (Å²) < 4.78 is 0. The lowest BCUT2D eigenvalue weighted by Gasteiger charge is -2.32. The number of nitrogens with zero attached hydrogens (tertiary/aromatic N) is 1. The van der Waals surface area contributed by atoms with Crippen LogP contribution in [0.4, 0.5) is 0 Å². The molecule has 0 radical (unpaired) electrons. The van der Waals surface area contributed by atoms with Gasteiger partial charge in [0.2, 0.25) is 5.91 Å². The number of carbonyl (C=O) groups is 1. The van der Waals surface area contributed by atoms with Crippen molar-refractivity contribution in [3.63, 3.8) is 0 Å². The molecule has 0 aromatic carbocycles. The van der Waals surface area contributed by atoms with Gasteiger partial charge in [-0.15, -0.1) is 0 Å². The fourth-order valence-corrected chi connectivity index (χ4v) is 2.99. The summed E-state index contributed by atoms with van der Waals surface area (Å²) in [4.78, 5) is 14.1. The van der Waals surface area contributed by atoms with Crippen LogP contribution in [0, 0.1) is 17.8 Å².